The third-order valence-corrected chi connectivity index (χ3v) is 9.81. The van der Waals surface area contributed by atoms with Crippen molar-refractivity contribution in [1.29, 1.82) is 5.26 Å². The number of nitriles is 1. The Hall–Kier alpha value is -4.43. The molecule has 2 aliphatic heterocycles. The summed E-state index contributed by atoms with van der Waals surface area (Å²) in [4.78, 5) is 23.2. The monoisotopic (exact) mass is 599 g/mol. The number of nitrogens with zero attached hydrogens (tertiary/aromatic N) is 5. The fraction of sp³-hybridized carbons (Fsp3) is 0.194. The highest BCUT2D eigenvalue weighted by molar-refractivity contribution is 7.93. The summed E-state index contributed by atoms with van der Waals surface area (Å²) in [6.45, 7) is 2.07. The van der Waals surface area contributed by atoms with Crippen LogP contribution in [0, 0.1) is 11.3 Å². The number of hydrogen-bond donors (Lipinski definition) is 0. The topological polar surface area (TPSA) is 107 Å². The van der Waals surface area contributed by atoms with E-state index in [0.717, 1.165) is 9.99 Å². The van der Waals surface area contributed by atoms with Crippen LogP contribution in [0.3, 0.4) is 0 Å². The van der Waals surface area contributed by atoms with Crippen LogP contribution in [0.25, 0.3) is 0 Å². The molecule has 1 saturated heterocycles. The lowest BCUT2D eigenvalue weighted by Gasteiger charge is -2.46. The molecule has 0 aliphatic carbocycles. The molecule has 4 aromatic rings. The number of anilines is 2. The maximum Gasteiger partial charge on any atom is 0.271 e. The lowest BCUT2D eigenvalue weighted by Crippen LogP contribution is -2.60. The largest absolute Gasteiger partial charge is 0.496 e. The smallest absolute Gasteiger partial charge is 0.271 e. The zero-order chi connectivity index (χ0) is 29.5. The lowest BCUT2D eigenvalue weighted by atomic mass is 9.81. The number of aromatic nitrogens is 1. The molecule has 3 heterocycles. The Morgan fingerprint density at radius 1 is 0.929 bits per heavy atom. The molecular formula is C31H26ClN5O4S. The fourth-order valence-corrected chi connectivity index (χ4v) is 7.56. The Morgan fingerprint density at radius 2 is 1.62 bits per heavy atom. The van der Waals surface area contributed by atoms with E-state index in [-0.39, 0.29) is 10.6 Å². The second-order valence-electron chi connectivity index (χ2n) is 9.96. The van der Waals surface area contributed by atoms with E-state index < -0.39 is 21.5 Å². The molecule has 1 unspecified atom stereocenters. The summed E-state index contributed by atoms with van der Waals surface area (Å²) in [6.07, 6.45) is 3.48. The van der Waals surface area contributed by atoms with Crippen LogP contribution in [-0.4, -0.2) is 57.5 Å². The van der Waals surface area contributed by atoms with Crippen LogP contribution < -0.4 is 13.9 Å². The molecule has 212 valence electrons. The van der Waals surface area contributed by atoms with Gasteiger partial charge in [-0.1, -0.05) is 29.8 Å². The highest BCUT2D eigenvalue weighted by atomic mass is 35.5. The number of sulfonamides is 1. The number of halogens is 1. The number of carbonyl (C=O) groups is 1. The number of methoxy groups -OCH3 is 1. The van der Waals surface area contributed by atoms with Gasteiger partial charge in [-0.2, -0.15) is 5.26 Å². The lowest BCUT2D eigenvalue weighted by molar-refractivity contribution is -0.127. The van der Waals surface area contributed by atoms with E-state index in [0.29, 0.717) is 53.6 Å². The Kier molecular flexibility index (Phi) is 7.10. The van der Waals surface area contributed by atoms with Gasteiger partial charge in [0.1, 0.15) is 5.75 Å². The van der Waals surface area contributed by atoms with Gasteiger partial charge in [0.25, 0.3) is 15.9 Å². The molecule has 0 saturated carbocycles. The van der Waals surface area contributed by atoms with Crippen molar-refractivity contribution >= 4 is 38.9 Å². The van der Waals surface area contributed by atoms with Crippen molar-refractivity contribution in [3.63, 3.8) is 0 Å². The van der Waals surface area contributed by atoms with Crippen molar-refractivity contribution in [2.75, 3.05) is 42.5 Å². The number of para-hydroxylation sites is 1. The molecule has 0 spiro atoms. The zero-order valence-electron chi connectivity index (χ0n) is 22.6. The van der Waals surface area contributed by atoms with Crippen molar-refractivity contribution < 1.29 is 17.9 Å². The van der Waals surface area contributed by atoms with Gasteiger partial charge in [0.05, 0.1) is 29.3 Å². The number of rotatable bonds is 6. The average Bonchev–Trinajstić information content (AvgIpc) is 3.29. The third-order valence-electron chi connectivity index (χ3n) is 7.86. The quantitative estimate of drug-likeness (QED) is 0.321. The van der Waals surface area contributed by atoms with Crippen LogP contribution in [0.4, 0.5) is 11.4 Å². The average molecular weight is 600 g/mol. The summed E-state index contributed by atoms with van der Waals surface area (Å²) >= 11 is 6.54. The number of benzene rings is 3. The summed E-state index contributed by atoms with van der Waals surface area (Å²) < 4.78 is 35.1. The van der Waals surface area contributed by atoms with E-state index in [4.69, 9.17) is 16.3 Å². The van der Waals surface area contributed by atoms with Gasteiger partial charge in [0.2, 0.25) is 0 Å². The molecule has 1 aromatic heterocycles. The predicted octanol–water partition coefficient (Wildman–Crippen LogP) is 4.42. The van der Waals surface area contributed by atoms with E-state index in [1.54, 1.807) is 48.8 Å². The van der Waals surface area contributed by atoms with Gasteiger partial charge in [-0.15, -0.1) is 0 Å². The maximum absolute atomic E-state index is 15.0. The number of fused-ring (bicyclic) bond motifs is 1. The molecule has 1 amide bonds. The molecule has 0 N–H and O–H groups in total. The predicted molar refractivity (Wildman–Crippen MR) is 159 cm³/mol. The Labute approximate surface area is 249 Å². The van der Waals surface area contributed by atoms with Gasteiger partial charge in [0, 0.05) is 60.4 Å². The van der Waals surface area contributed by atoms with E-state index in [1.165, 1.54) is 31.4 Å². The molecule has 1 fully saturated rings. The van der Waals surface area contributed by atoms with E-state index in [9.17, 15) is 18.5 Å². The van der Waals surface area contributed by atoms with Crippen molar-refractivity contribution in [3.05, 3.63) is 113 Å². The van der Waals surface area contributed by atoms with E-state index in [1.807, 2.05) is 29.2 Å². The first-order valence-corrected chi connectivity index (χ1v) is 15.1. The third kappa shape index (κ3) is 4.29. The Balaban J connectivity index is 1.54. The first kappa shape index (κ1) is 27.7. The molecular weight excluding hydrogens is 574 g/mol. The number of pyridine rings is 1. The maximum atomic E-state index is 15.0. The number of amides is 1. The van der Waals surface area contributed by atoms with Crippen LogP contribution in [-0.2, 0) is 20.4 Å². The van der Waals surface area contributed by atoms with Gasteiger partial charge in [-0.05, 0) is 60.7 Å². The molecule has 0 bridgehead atoms. The van der Waals surface area contributed by atoms with Crippen molar-refractivity contribution in [2.45, 2.75) is 10.4 Å². The number of hydrogen-bond acceptors (Lipinski definition) is 8. The number of piperazine rings is 1. The summed E-state index contributed by atoms with van der Waals surface area (Å²) in [5.74, 6) is -0.197. The second kappa shape index (κ2) is 10.8. The SMILES string of the molecule is COc1ccccc1C1(N2CCN(c3ccncc3)CC2)C(=O)N(S(=O)(=O)c2ccc(C#N)cc2)c2ccc(Cl)cc21. The van der Waals surface area contributed by atoms with Gasteiger partial charge in [0.15, 0.2) is 5.54 Å². The standard InChI is InChI=1S/C31H26ClN5O4S/c1-41-29-5-3-2-4-26(29)31(36-18-16-35(17-19-36)24-12-14-34-15-13-24)27-20-23(32)8-11-28(27)37(30(31)38)42(39,40)25-9-6-22(21-33)7-10-25/h2-15,20H,16-19H2,1H3. The summed E-state index contributed by atoms with van der Waals surface area (Å²) in [5.41, 5.74) is 0.981. The number of carbonyl (C=O) groups excluding carboxylic acids is 1. The fourth-order valence-electron chi connectivity index (χ4n) is 5.93. The van der Waals surface area contributed by atoms with Crippen molar-refractivity contribution in [1.82, 2.24) is 9.88 Å². The first-order valence-electron chi connectivity index (χ1n) is 13.3. The molecule has 9 nitrogen and oxygen atoms in total. The van der Waals surface area contributed by atoms with Gasteiger partial charge in [-0.25, -0.2) is 12.7 Å². The molecule has 3 aromatic carbocycles. The van der Waals surface area contributed by atoms with Crippen LogP contribution in [0.5, 0.6) is 5.75 Å². The molecule has 1 atom stereocenters. The molecule has 2 aliphatic rings. The van der Waals surface area contributed by atoms with Gasteiger partial charge in [-0.3, -0.25) is 14.7 Å². The Morgan fingerprint density at radius 3 is 2.29 bits per heavy atom. The highest BCUT2D eigenvalue weighted by Gasteiger charge is 2.60. The zero-order valence-corrected chi connectivity index (χ0v) is 24.2. The van der Waals surface area contributed by atoms with E-state index >= 15 is 0 Å². The van der Waals surface area contributed by atoms with Crippen LogP contribution >= 0.6 is 11.6 Å². The van der Waals surface area contributed by atoms with Crippen molar-refractivity contribution in [2.24, 2.45) is 0 Å². The molecule has 0 radical (unpaired) electrons. The van der Waals surface area contributed by atoms with Crippen LogP contribution in [0.15, 0.2) is 96.2 Å². The summed E-state index contributed by atoms with van der Waals surface area (Å²) in [5, 5.41) is 9.59. The van der Waals surface area contributed by atoms with E-state index in [2.05, 4.69) is 9.88 Å². The van der Waals surface area contributed by atoms with Gasteiger partial charge < -0.3 is 9.64 Å². The molecule has 42 heavy (non-hydrogen) atoms. The Bertz CT molecular complexity index is 1800. The first-order chi connectivity index (χ1) is 20.3. The van der Waals surface area contributed by atoms with Crippen LogP contribution in [0.2, 0.25) is 5.02 Å². The minimum atomic E-state index is -4.38. The summed E-state index contributed by atoms with van der Waals surface area (Å²) in [6, 6.07) is 23.4. The van der Waals surface area contributed by atoms with Crippen LogP contribution in [0.1, 0.15) is 16.7 Å². The van der Waals surface area contributed by atoms with Crippen molar-refractivity contribution in [3.8, 4) is 11.8 Å². The minimum Gasteiger partial charge on any atom is -0.496 e. The summed E-state index contributed by atoms with van der Waals surface area (Å²) in [7, 11) is -2.86. The second-order valence-corrected chi connectivity index (χ2v) is 12.2. The molecule has 6 rings (SSSR count). The van der Waals surface area contributed by atoms with Gasteiger partial charge >= 0.3 is 0 Å². The molecule has 11 heteroatoms. The highest BCUT2D eigenvalue weighted by Crippen LogP contribution is 2.53. The number of ether oxygens (including phenoxy) is 1. The minimum absolute atomic E-state index is 0.103. The normalized spacial score (nSPS) is 18.9.